The number of aromatic nitrogens is 3. The van der Waals surface area contributed by atoms with Gasteiger partial charge in [-0.1, -0.05) is 146 Å². The van der Waals surface area contributed by atoms with Crippen LogP contribution in [0.1, 0.15) is 17.9 Å². The Morgan fingerprint density at radius 2 is 0.857 bits per heavy atom. The maximum absolute atomic E-state index is 5.45. The maximum Gasteiger partial charge on any atom is 0.0716 e. The van der Waals surface area contributed by atoms with Crippen molar-refractivity contribution in [2.45, 2.75) is 12.3 Å². The van der Waals surface area contributed by atoms with Gasteiger partial charge in [0.2, 0.25) is 0 Å². The number of hydrogen-bond acceptors (Lipinski definition) is 1. The molecule has 56 heavy (non-hydrogen) atoms. The lowest BCUT2D eigenvalue weighted by Gasteiger charge is -2.15. The Balaban J connectivity index is 1.08. The highest BCUT2D eigenvalue weighted by Gasteiger charge is 2.17. The van der Waals surface area contributed by atoms with Gasteiger partial charge in [0.05, 0.1) is 33.5 Å². The molecule has 3 nitrogen and oxygen atoms in total. The lowest BCUT2D eigenvalue weighted by Crippen LogP contribution is -1.97. The second-order valence-corrected chi connectivity index (χ2v) is 14.7. The van der Waals surface area contributed by atoms with Crippen LogP contribution in [-0.4, -0.2) is 14.1 Å². The van der Waals surface area contributed by atoms with Crippen molar-refractivity contribution in [1.29, 1.82) is 0 Å². The first-order chi connectivity index (χ1) is 27.8. The van der Waals surface area contributed by atoms with E-state index >= 15 is 0 Å². The van der Waals surface area contributed by atoms with Crippen molar-refractivity contribution in [1.82, 2.24) is 14.1 Å². The van der Waals surface area contributed by atoms with Crippen molar-refractivity contribution in [3.8, 4) is 45.0 Å². The minimum Gasteiger partial charge on any atom is -0.309 e. The van der Waals surface area contributed by atoms with Crippen LogP contribution in [0.5, 0.6) is 0 Å². The number of fused-ring (bicyclic) bond motifs is 6. The van der Waals surface area contributed by atoms with Gasteiger partial charge >= 0.3 is 0 Å². The fourth-order valence-corrected chi connectivity index (χ4v) is 8.75. The fraction of sp³-hybridized carbons (Fsp3) is 0.0377. The predicted molar refractivity (Wildman–Crippen MR) is 235 cm³/mol. The van der Waals surface area contributed by atoms with Gasteiger partial charge in [-0.3, -0.25) is 0 Å². The van der Waals surface area contributed by atoms with Crippen molar-refractivity contribution >= 4 is 43.6 Å². The van der Waals surface area contributed by atoms with Crippen LogP contribution in [-0.2, 0) is 0 Å². The van der Waals surface area contributed by atoms with Crippen molar-refractivity contribution in [3.05, 3.63) is 212 Å². The summed E-state index contributed by atoms with van der Waals surface area (Å²) in [7, 11) is 0. The Morgan fingerprint density at radius 1 is 0.393 bits per heavy atom. The van der Waals surface area contributed by atoms with E-state index in [4.69, 9.17) is 4.98 Å². The van der Waals surface area contributed by atoms with Gasteiger partial charge in [-0.25, -0.2) is 4.98 Å². The van der Waals surface area contributed by atoms with Gasteiger partial charge in [0, 0.05) is 50.0 Å². The maximum atomic E-state index is 5.45. The highest BCUT2D eigenvalue weighted by molar-refractivity contribution is 6.10. The highest BCUT2D eigenvalue weighted by Crippen LogP contribution is 2.37. The van der Waals surface area contributed by atoms with Gasteiger partial charge in [0.15, 0.2) is 0 Å². The summed E-state index contributed by atoms with van der Waals surface area (Å²) in [5.41, 5.74) is 14.7. The summed E-state index contributed by atoms with van der Waals surface area (Å²) >= 11 is 0. The molecular weight excluding hydrogens is 679 g/mol. The molecule has 0 spiro atoms. The molecule has 0 radical (unpaired) electrons. The van der Waals surface area contributed by atoms with E-state index in [-0.39, 0.29) is 0 Å². The monoisotopic (exact) mass is 715 g/mol. The zero-order chi connectivity index (χ0) is 37.0. The molecule has 1 atom stereocenters. The summed E-state index contributed by atoms with van der Waals surface area (Å²) in [6, 6.07) is 66.0. The number of para-hydroxylation sites is 4. The molecule has 11 rings (SSSR count). The Bertz CT molecular complexity index is 2890. The first-order valence-electron chi connectivity index (χ1n) is 19.4. The molecule has 7 aromatic carbocycles. The van der Waals surface area contributed by atoms with Crippen molar-refractivity contribution in [3.63, 3.8) is 0 Å². The Morgan fingerprint density at radius 3 is 1.30 bits per heavy atom. The zero-order valence-corrected chi connectivity index (χ0v) is 30.8. The first-order valence-corrected chi connectivity index (χ1v) is 19.4. The van der Waals surface area contributed by atoms with Crippen LogP contribution >= 0.6 is 0 Å². The van der Waals surface area contributed by atoms with Gasteiger partial charge in [-0.05, 0) is 83.8 Å². The van der Waals surface area contributed by atoms with E-state index < -0.39 is 0 Å². The van der Waals surface area contributed by atoms with Crippen LogP contribution in [0.3, 0.4) is 0 Å². The van der Waals surface area contributed by atoms with Gasteiger partial charge in [-0.2, -0.15) is 0 Å². The normalized spacial score (nSPS) is 14.0. The molecular formula is C53H37N3. The molecule has 0 saturated carbocycles. The molecule has 1 aliphatic rings. The Labute approximate surface area is 325 Å². The molecule has 10 aromatic rings. The molecule has 0 saturated heterocycles. The molecule has 3 heterocycles. The van der Waals surface area contributed by atoms with Gasteiger partial charge < -0.3 is 9.13 Å². The number of benzene rings is 7. The summed E-state index contributed by atoms with van der Waals surface area (Å²) in [6.45, 7) is 0. The summed E-state index contributed by atoms with van der Waals surface area (Å²) in [6.07, 6.45) is 9.87. The van der Waals surface area contributed by atoms with E-state index in [1.807, 2.05) is 0 Å². The van der Waals surface area contributed by atoms with Crippen LogP contribution < -0.4 is 0 Å². The average molecular weight is 716 g/mol. The molecule has 0 aliphatic heterocycles. The summed E-state index contributed by atoms with van der Waals surface area (Å²) in [5, 5.41) is 5.01. The first kappa shape index (κ1) is 32.2. The molecule has 0 fully saturated rings. The highest BCUT2D eigenvalue weighted by atomic mass is 15.0. The number of allylic oxidation sites excluding steroid dienone is 4. The molecule has 1 unspecified atom stereocenters. The number of nitrogens with zero attached hydrogens (tertiary/aromatic N) is 3. The summed E-state index contributed by atoms with van der Waals surface area (Å²) < 4.78 is 4.75. The Kier molecular flexibility index (Phi) is 7.63. The fourth-order valence-electron chi connectivity index (χ4n) is 8.75. The van der Waals surface area contributed by atoms with Crippen molar-refractivity contribution in [2.24, 2.45) is 0 Å². The molecule has 3 heteroatoms. The second-order valence-electron chi connectivity index (χ2n) is 14.7. The van der Waals surface area contributed by atoms with E-state index in [0.29, 0.717) is 5.92 Å². The number of pyridine rings is 1. The molecule has 0 bridgehead atoms. The third kappa shape index (κ3) is 5.39. The standard InChI is InChI=1S/C53H37N3/c1-2-14-36(15-3-1)37-28-30-38(31-29-37)41-34-48(39-16-12-18-42(32-39)55-50-24-8-4-20-44(50)45-21-5-9-25-51(45)55)54-49(35-41)40-17-13-19-43(33-40)56-52-26-10-6-22-46(52)47-23-7-11-27-53(47)56/h1-14,16-36H,15H2. The van der Waals surface area contributed by atoms with Gasteiger partial charge in [0.1, 0.15) is 0 Å². The molecule has 0 N–H and O–H groups in total. The SMILES string of the molecule is C1=CCC(c2ccc(-c3cc(-c4cccc(-n5c6ccccc6c6ccccc65)c4)nc(-c4cccc(-n5c6ccccc6c6ccccc65)c4)c3)cc2)C=C1. The summed E-state index contributed by atoms with van der Waals surface area (Å²) in [4.78, 5) is 5.45. The zero-order valence-electron chi connectivity index (χ0n) is 30.8. The lowest BCUT2D eigenvalue weighted by molar-refractivity contribution is 0.854. The third-order valence-corrected chi connectivity index (χ3v) is 11.4. The molecule has 0 amide bonds. The van der Waals surface area contributed by atoms with E-state index in [2.05, 4.69) is 215 Å². The number of hydrogen-bond donors (Lipinski definition) is 0. The van der Waals surface area contributed by atoms with Crippen LogP contribution in [0.4, 0.5) is 0 Å². The van der Waals surface area contributed by atoms with E-state index in [0.717, 1.165) is 45.9 Å². The third-order valence-electron chi connectivity index (χ3n) is 11.4. The van der Waals surface area contributed by atoms with E-state index in [1.54, 1.807) is 0 Å². The van der Waals surface area contributed by atoms with Crippen LogP contribution in [0.25, 0.3) is 88.6 Å². The van der Waals surface area contributed by atoms with Gasteiger partial charge in [-0.15, -0.1) is 0 Å². The summed E-state index contributed by atoms with van der Waals surface area (Å²) in [5.74, 6) is 0.407. The van der Waals surface area contributed by atoms with E-state index in [9.17, 15) is 0 Å². The van der Waals surface area contributed by atoms with Crippen molar-refractivity contribution < 1.29 is 0 Å². The van der Waals surface area contributed by atoms with Crippen LogP contribution in [0.2, 0.25) is 0 Å². The average Bonchev–Trinajstić information content (AvgIpc) is 3.80. The van der Waals surface area contributed by atoms with Gasteiger partial charge in [0.25, 0.3) is 0 Å². The predicted octanol–water partition coefficient (Wildman–Crippen LogP) is 13.9. The lowest BCUT2D eigenvalue weighted by atomic mass is 9.91. The largest absolute Gasteiger partial charge is 0.309 e. The van der Waals surface area contributed by atoms with Crippen molar-refractivity contribution in [2.75, 3.05) is 0 Å². The quantitative estimate of drug-likeness (QED) is 0.168. The van der Waals surface area contributed by atoms with Crippen LogP contribution in [0.15, 0.2) is 206 Å². The smallest absolute Gasteiger partial charge is 0.0716 e. The van der Waals surface area contributed by atoms with Crippen LogP contribution in [0, 0.1) is 0 Å². The molecule has 1 aliphatic carbocycles. The minimum absolute atomic E-state index is 0.407. The minimum atomic E-state index is 0.407. The number of rotatable bonds is 6. The topological polar surface area (TPSA) is 22.8 Å². The molecule has 3 aromatic heterocycles. The molecule has 264 valence electrons. The van der Waals surface area contributed by atoms with E-state index in [1.165, 1.54) is 54.7 Å². The second kappa shape index (κ2) is 13.3. The Hall–Kier alpha value is -7.23.